The molecule has 0 radical (unpaired) electrons. The van der Waals surface area contributed by atoms with Gasteiger partial charge in [-0.2, -0.15) is 0 Å². The predicted octanol–water partition coefficient (Wildman–Crippen LogP) is 3.69. The molecule has 7 nitrogen and oxygen atoms in total. The molecule has 164 valence electrons. The van der Waals surface area contributed by atoms with Crippen LogP contribution in [-0.2, 0) is 15.8 Å². The number of hydrogen-bond acceptors (Lipinski definition) is 8. The van der Waals surface area contributed by atoms with Crippen LogP contribution < -0.4 is 4.74 Å². The fourth-order valence-corrected chi connectivity index (χ4v) is 5.57. The molecule has 0 bridgehead atoms. The first-order valence-electron chi connectivity index (χ1n) is 9.37. The van der Waals surface area contributed by atoms with Gasteiger partial charge in [-0.05, 0) is 49.4 Å². The number of benzene rings is 2. The Labute approximate surface area is 190 Å². The zero-order valence-electron chi connectivity index (χ0n) is 17.3. The molecule has 31 heavy (non-hydrogen) atoms. The predicted molar refractivity (Wildman–Crippen MR) is 125 cm³/mol. The number of nitrogens with zero attached hydrogens (tertiary/aromatic N) is 2. The van der Waals surface area contributed by atoms with E-state index >= 15 is 0 Å². The van der Waals surface area contributed by atoms with Crippen molar-refractivity contribution < 1.29 is 22.7 Å². The van der Waals surface area contributed by atoms with Crippen molar-refractivity contribution in [3.63, 3.8) is 0 Å². The second kappa shape index (κ2) is 9.99. The molecule has 10 heteroatoms. The van der Waals surface area contributed by atoms with Gasteiger partial charge in [-0.1, -0.05) is 23.5 Å². The molecule has 0 fully saturated rings. The van der Waals surface area contributed by atoms with E-state index in [1.54, 1.807) is 41.7 Å². The number of esters is 1. The summed E-state index contributed by atoms with van der Waals surface area (Å²) in [5, 5.41) is 0. The van der Waals surface area contributed by atoms with Gasteiger partial charge in [0, 0.05) is 36.7 Å². The van der Waals surface area contributed by atoms with E-state index < -0.39 is 16.0 Å². The lowest BCUT2D eigenvalue weighted by Gasteiger charge is -2.13. The maximum absolute atomic E-state index is 12.7. The molecule has 0 unspecified atom stereocenters. The summed E-state index contributed by atoms with van der Waals surface area (Å²) in [4.78, 5) is 28.9. The number of thioether (sulfide) groups is 2. The maximum atomic E-state index is 12.7. The highest BCUT2D eigenvalue weighted by molar-refractivity contribution is 8.38. The van der Waals surface area contributed by atoms with Crippen molar-refractivity contribution in [2.45, 2.75) is 17.6 Å². The van der Waals surface area contributed by atoms with Gasteiger partial charge in [0.15, 0.2) is 5.78 Å². The van der Waals surface area contributed by atoms with Crippen molar-refractivity contribution in [3.8, 4) is 5.75 Å². The largest absolute Gasteiger partial charge is 0.423 e. The Kier molecular flexibility index (Phi) is 7.58. The van der Waals surface area contributed by atoms with Crippen molar-refractivity contribution in [3.05, 3.63) is 59.2 Å². The monoisotopic (exact) mass is 478 g/mol. The third kappa shape index (κ3) is 5.76. The Morgan fingerprint density at radius 1 is 1.13 bits per heavy atom. The Balaban J connectivity index is 1.80. The van der Waals surface area contributed by atoms with Crippen LogP contribution in [0.5, 0.6) is 5.75 Å². The fourth-order valence-electron chi connectivity index (χ4n) is 2.69. The van der Waals surface area contributed by atoms with E-state index in [-0.39, 0.29) is 16.2 Å². The molecule has 0 amide bonds. The van der Waals surface area contributed by atoms with E-state index in [9.17, 15) is 18.0 Å². The van der Waals surface area contributed by atoms with Gasteiger partial charge in [0.2, 0.25) is 10.0 Å². The molecule has 0 atom stereocenters. The Morgan fingerprint density at radius 3 is 2.39 bits per heavy atom. The lowest BCUT2D eigenvalue weighted by molar-refractivity contribution is 0.0733. The van der Waals surface area contributed by atoms with E-state index in [1.165, 1.54) is 45.3 Å². The quantitative estimate of drug-likeness (QED) is 0.340. The van der Waals surface area contributed by atoms with Crippen LogP contribution in [0.3, 0.4) is 0 Å². The molecule has 0 aliphatic carbocycles. The highest BCUT2D eigenvalue weighted by Crippen LogP contribution is 2.30. The molecule has 0 spiro atoms. The third-order valence-corrected chi connectivity index (χ3v) is 8.58. The molecule has 2 aromatic carbocycles. The number of carbonyl (C=O) groups is 2. The van der Waals surface area contributed by atoms with Gasteiger partial charge in [-0.15, -0.1) is 0 Å². The zero-order valence-corrected chi connectivity index (χ0v) is 19.8. The van der Waals surface area contributed by atoms with Gasteiger partial charge in [-0.25, -0.2) is 17.5 Å². The number of sulfonamides is 1. The molecule has 0 saturated heterocycles. The van der Waals surface area contributed by atoms with E-state index in [0.717, 1.165) is 21.0 Å². The molecule has 0 saturated carbocycles. The lowest BCUT2D eigenvalue weighted by atomic mass is 10.1. The van der Waals surface area contributed by atoms with Gasteiger partial charge in [0.25, 0.3) is 0 Å². The van der Waals surface area contributed by atoms with Crippen LogP contribution in [0.25, 0.3) is 0 Å². The van der Waals surface area contributed by atoms with Gasteiger partial charge in [-0.3, -0.25) is 9.79 Å². The second-order valence-corrected chi connectivity index (χ2v) is 11.3. The van der Waals surface area contributed by atoms with Crippen molar-refractivity contribution in [1.29, 1.82) is 0 Å². The molecular weight excluding hydrogens is 456 g/mol. The smallest absolute Gasteiger partial charge is 0.343 e. The molecule has 3 rings (SSSR count). The average molecular weight is 479 g/mol. The number of Topliss-reactive ketones (excluding diaryl/α,β-unsaturated/α-hetero) is 1. The van der Waals surface area contributed by atoms with Gasteiger partial charge in [0.05, 0.1) is 17.0 Å². The van der Waals surface area contributed by atoms with Crippen LogP contribution in [-0.4, -0.2) is 55.2 Å². The van der Waals surface area contributed by atoms with Crippen molar-refractivity contribution in [2.24, 2.45) is 4.99 Å². The van der Waals surface area contributed by atoms with Crippen molar-refractivity contribution >= 4 is 49.7 Å². The summed E-state index contributed by atoms with van der Waals surface area (Å²) in [6, 6.07) is 10.5. The summed E-state index contributed by atoms with van der Waals surface area (Å²) in [7, 11) is -0.696. The molecule has 1 heterocycles. The van der Waals surface area contributed by atoms with Crippen LogP contribution in [0.4, 0.5) is 0 Å². The average Bonchev–Trinajstić information content (AvgIpc) is 3.26. The minimum atomic E-state index is -3.58. The van der Waals surface area contributed by atoms with E-state index in [1.807, 2.05) is 0 Å². The number of rotatable bonds is 7. The summed E-state index contributed by atoms with van der Waals surface area (Å²) in [5.74, 6) is 1.14. The topological polar surface area (TPSA) is 93.1 Å². The number of aliphatic imine (C=N–C) groups is 1. The van der Waals surface area contributed by atoms with E-state index in [0.29, 0.717) is 22.6 Å². The molecule has 2 aromatic rings. The number of hydrogen-bond donors (Lipinski definition) is 0. The zero-order chi connectivity index (χ0) is 22.6. The molecule has 1 aliphatic rings. The van der Waals surface area contributed by atoms with Gasteiger partial charge in [0.1, 0.15) is 10.1 Å². The Bertz CT molecular complexity index is 1130. The standard InChI is InChI=1S/C21H22N2O5S3/c1-14(24)16-6-9-19(17(12-16)13-30-21-22-10-11-29-21)28-20(25)15-4-7-18(8-5-15)31(26,27)23(2)3/h4-9,12H,10-11,13H2,1-3H3. The maximum Gasteiger partial charge on any atom is 0.343 e. The van der Waals surface area contributed by atoms with Crippen LogP contribution >= 0.6 is 23.5 Å². The molecule has 0 N–H and O–H groups in total. The van der Waals surface area contributed by atoms with Crippen LogP contribution in [0.1, 0.15) is 33.2 Å². The van der Waals surface area contributed by atoms with Gasteiger partial charge >= 0.3 is 5.97 Å². The summed E-state index contributed by atoms with van der Waals surface area (Å²) >= 11 is 3.22. The summed E-state index contributed by atoms with van der Waals surface area (Å²) < 4.78 is 32.0. The van der Waals surface area contributed by atoms with Crippen molar-refractivity contribution in [1.82, 2.24) is 4.31 Å². The lowest BCUT2D eigenvalue weighted by Crippen LogP contribution is -2.22. The minimum absolute atomic E-state index is 0.0746. The first-order chi connectivity index (χ1) is 14.7. The SMILES string of the molecule is CC(=O)c1ccc(OC(=O)c2ccc(S(=O)(=O)N(C)C)cc2)c(CSC2=NCCS2)c1. The number of ketones is 1. The minimum Gasteiger partial charge on any atom is -0.423 e. The van der Waals surface area contributed by atoms with E-state index in [4.69, 9.17) is 4.74 Å². The molecule has 0 aromatic heterocycles. The first kappa shape index (κ1) is 23.5. The second-order valence-electron chi connectivity index (χ2n) is 6.86. The highest BCUT2D eigenvalue weighted by Gasteiger charge is 2.19. The van der Waals surface area contributed by atoms with Crippen LogP contribution in [0.15, 0.2) is 52.4 Å². The molecular formula is C21H22N2O5S3. The van der Waals surface area contributed by atoms with Crippen molar-refractivity contribution in [2.75, 3.05) is 26.4 Å². The fraction of sp³-hybridized carbons (Fsp3) is 0.286. The van der Waals surface area contributed by atoms with Crippen LogP contribution in [0, 0.1) is 0 Å². The number of ether oxygens (including phenoxy) is 1. The van der Waals surface area contributed by atoms with Gasteiger partial charge < -0.3 is 4.74 Å². The number of carbonyl (C=O) groups excluding carboxylic acids is 2. The molecule has 1 aliphatic heterocycles. The van der Waals surface area contributed by atoms with E-state index in [2.05, 4.69) is 4.99 Å². The summed E-state index contributed by atoms with van der Waals surface area (Å²) in [6.07, 6.45) is 0. The Hall–Kier alpha value is -2.14. The summed E-state index contributed by atoms with van der Waals surface area (Å²) in [5.41, 5.74) is 1.48. The van der Waals surface area contributed by atoms with Crippen LogP contribution in [0.2, 0.25) is 0 Å². The summed E-state index contributed by atoms with van der Waals surface area (Å²) in [6.45, 7) is 2.28. The Morgan fingerprint density at radius 2 is 1.81 bits per heavy atom. The normalized spacial score (nSPS) is 13.9. The third-order valence-electron chi connectivity index (χ3n) is 4.45. The highest BCUT2D eigenvalue weighted by atomic mass is 32.2. The first-order valence-corrected chi connectivity index (χ1v) is 12.8.